The lowest BCUT2D eigenvalue weighted by Crippen LogP contribution is -2.30. The van der Waals surface area contributed by atoms with Crippen molar-refractivity contribution in [2.24, 2.45) is 0 Å². The predicted molar refractivity (Wildman–Crippen MR) is 87.6 cm³/mol. The van der Waals surface area contributed by atoms with E-state index in [1.54, 1.807) is 11.1 Å². The van der Waals surface area contributed by atoms with Gasteiger partial charge in [0.2, 0.25) is 5.91 Å². The van der Waals surface area contributed by atoms with E-state index in [1.807, 2.05) is 44.3 Å². The third kappa shape index (κ3) is 4.53. The topological polar surface area (TPSA) is 46.1 Å². The molecular weight excluding hydrogens is 298 g/mol. The fourth-order valence-electron chi connectivity index (χ4n) is 2.23. The average molecular weight is 318 g/mol. The van der Waals surface area contributed by atoms with Crippen molar-refractivity contribution in [3.8, 4) is 0 Å². The summed E-state index contributed by atoms with van der Waals surface area (Å²) in [7, 11) is 1.82. The van der Waals surface area contributed by atoms with Crippen LogP contribution in [0.2, 0.25) is 5.02 Å². The van der Waals surface area contributed by atoms with E-state index >= 15 is 0 Å². The number of carbonyl (C=O) groups is 1. The molecule has 0 saturated heterocycles. The number of carbonyl (C=O) groups excluding carboxylic acids is 1. The van der Waals surface area contributed by atoms with Gasteiger partial charge in [-0.15, -0.1) is 0 Å². The summed E-state index contributed by atoms with van der Waals surface area (Å²) in [4.78, 5) is 22.1. The molecular formula is C17H20ClN3O. The lowest BCUT2D eigenvalue weighted by Gasteiger charge is -2.24. The van der Waals surface area contributed by atoms with E-state index in [-0.39, 0.29) is 11.9 Å². The largest absolute Gasteiger partial charge is 0.337 e. The number of hydrogen-bond donors (Lipinski definition) is 0. The molecule has 0 unspecified atom stereocenters. The van der Waals surface area contributed by atoms with Gasteiger partial charge < -0.3 is 4.90 Å². The van der Waals surface area contributed by atoms with Crippen molar-refractivity contribution in [2.75, 3.05) is 7.05 Å². The van der Waals surface area contributed by atoms with Crippen molar-refractivity contribution in [2.45, 2.75) is 32.2 Å². The van der Waals surface area contributed by atoms with Crippen LogP contribution in [0.25, 0.3) is 0 Å². The molecule has 0 radical (unpaired) electrons. The van der Waals surface area contributed by atoms with Gasteiger partial charge in [-0.05, 0) is 43.5 Å². The summed E-state index contributed by atoms with van der Waals surface area (Å²) in [6.07, 6.45) is 5.41. The Balaban J connectivity index is 1.82. The highest BCUT2D eigenvalue weighted by Crippen LogP contribution is 2.17. The smallest absolute Gasteiger partial charge is 0.222 e. The minimum Gasteiger partial charge on any atom is -0.337 e. The molecule has 0 spiro atoms. The fourth-order valence-corrected chi connectivity index (χ4v) is 2.36. The molecule has 0 aliphatic rings. The van der Waals surface area contributed by atoms with E-state index in [0.717, 1.165) is 23.6 Å². The predicted octanol–water partition coefficient (Wildman–Crippen LogP) is 3.67. The molecule has 0 saturated carbocycles. The summed E-state index contributed by atoms with van der Waals surface area (Å²) >= 11 is 5.86. The Hall–Kier alpha value is -1.94. The van der Waals surface area contributed by atoms with Crippen LogP contribution >= 0.6 is 11.6 Å². The molecule has 1 amide bonds. The molecule has 0 bridgehead atoms. The van der Waals surface area contributed by atoms with Crippen molar-refractivity contribution in [3.63, 3.8) is 0 Å². The van der Waals surface area contributed by atoms with E-state index in [2.05, 4.69) is 9.97 Å². The first-order chi connectivity index (χ1) is 10.6. The minimum atomic E-state index is -0.0500. The molecule has 0 aliphatic heterocycles. The van der Waals surface area contributed by atoms with E-state index in [9.17, 15) is 4.79 Å². The van der Waals surface area contributed by atoms with Gasteiger partial charge in [-0.3, -0.25) is 4.79 Å². The van der Waals surface area contributed by atoms with Gasteiger partial charge in [0.1, 0.15) is 6.33 Å². The Morgan fingerprint density at radius 3 is 2.64 bits per heavy atom. The van der Waals surface area contributed by atoms with Crippen LogP contribution in [0.4, 0.5) is 0 Å². The van der Waals surface area contributed by atoms with E-state index in [1.165, 1.54) is 11.9 Å². The van der Waals surface area contributed by atoms with Gasteiger partial charge in [0.05, 0.1) is 11.7 Å². The average Bonchev–Trinajstić information content (AvgIpc) is 2.56. The van der Waals surface area contributed by atoms with Crippen LogP contribution in [-0.2, 0) is 11.2 Å². The number of aryl methyl sites for hydroxylation is 1. The highest BCUT2D eigenvalue weighted by atomic mass is 35.5. The molecule has 1 aromatic carbocycles. The maximum atomic E-state index is 12.3. The second kappa shape index (κ2) is 7.90. The second-order valence-electron chi connectivity index (χ2n) is 5.29. The molecule has 116 valence electrons. The SMILES string of the molecule is C[C@@H](c1ccncn1)N(C)C(=O)CCCc1ccc(Cl)cc1. The zero-order valence-corrected chi connectivity index (χ0v) is 13.6. The zero-order chi connectivity index (χ0) is 15.9. The van der Waals surface area contributed by atoms with E-state index in [4.69, 9.17) is 11.6 Å². The third-order valence-electron chi connectivity index (χ3n) is 3.78. The van der Waals surface area contributed by atoms with Crippen molar-refractivity contribution < 1.29 is 4.79 Å². The Kier molecular flexibility index (Phi) is 5.90. The summed E-state index contributed by atoms with van der Waals surface area (Å²) in [6.45, 7) is 1.97. The zero-order valence-electron chi connectivity index (χ0n) is 12.9. The first-order valence-corrected chi connectivity index (χ1v) is 7.71. The molecule has 2 aromatic rings. The molecule has 22 heavy (non-hydrogen) atoms. The lowest BCUT2D eigenvalue weighted by atomic mass is 10.1. The van der Waals surface area contributed by atoms with Crippen LogP contribution in [0.5, 0.6) is 0 Å². The number of rotatable bonds is 6. The van der Waals surface area contributed by atoms with E-state index < -0.39 is 0 Å². The molecule has 0 fully saturated rings. The van der Waals surface area contributed by atoms with E-state index in [0.29, 0.717) is 6.42 Å². The monoisotopic (exact) mass is 317 g/mol. The Morgan fingerprint density at radius 2 is 2.00 bits per heavy atom. The number of halogens is 1. The molecule has 1 aromatic heterocycles. The van der Waals surface area contributed by atoms with Gasteiger partial charge in [0.15, 0.2) is 0 Å². The summed E-state index contributed by atoms with van der Waals surface area (Å²) in [5, 5.41) is 0.734. The highest BCUT2D eigenvalue weighted by Gasteiger charge is 2.17. The van der Waals surface area contributed by atoms with Gasteiger partial charge in [-0.25, -0.2) is 9.97 Å². The first-order valence-electron chi connectivity index (χ1n) is 7.34. The maximum absolute atomic E-state index is 12.3. The molecule has 1 atom stereocenters. The van der Waals surface area contributed by atoms with Crippen LogP contribution in [0.3, 0.4) is 0 Å². The maximum Gasteiger partial charge on any atom is 0.222 e. The normalized spacial score (nSPS) is 12.0. The summed E-state index contributed by atoms with van der Waals surface area (Å²) in [6, 6.07) is 9.54. The summed E-state index contributed by atoms with van der Waals surface area (Å²) < 4.78 is 0. The fraction of sp³-hybridized carbons (Fsp3) is 0.353. The molecule has 0 N–H and O–H groups in total. The van der Waals surface area contributed by atoms with Gasteiger partial charge >= 0.3 is 0 Å². The minimum absolute atomic E-state index is 0.0500. The Labute approximate surface area is 136 Å². The van der Waals surface area contributed by atoms with Gasteiger partial charge in [-0.1, -0.05) is 23.7 Å². The van der Waals surface area contributed by atoms with Crippen LogP contribution in [0, 0.1) is 0 Å². The van der Waals surface area contributed by atoms with Crippen molar-refractivity contribution >= 4 is 17.5 Å². The standard InChI is InChI=1S/C17H20ClN3O/c1-13(16-10-11-19-12-20-16)21(2)17(22)5-3-4-14-6-8-15(18)9-7-14/h6-13H,3-5H2,1-2H3/t13-/m0/s1. The highest BCUT2D eigenvalue weighted by molar-refractivity contribution is 6.30. The number of hydrogen-bond acceptors (Lipinski definition) is 3. The second-order valence-corrected chi connectivity index (χ2v) is 5.73. The van der Waals surface area contributed by atoms with Gasteiger partial charge in [0, 0.05) is 24.7 Å². The summed E-state index contributed by atoms with van der Waals surface area (Å²) in [5.74, 6) is 0.125. The summed E-state index contributed by atoms with van der Waals surface area (Å²) in [5.41, 5.74) is 2.05. The van der Waals surface area contributed by atoms with Crippen LogP contribution in [0.15, 0.2) is 42.9 Å². The molecule has 2 rings (SSSR count). The van der Waals surface area contributed by atoms with Crippen molar-refractivity contribution in [1.29, 1.82) is 0 Å². The molecule has 1 heterocycles. The molecule has 5 heteroatoms. The van der Waals surface area contributed by atoms with Crippen LogP contribution in [0.1, 0.15) is 37.1 Å². The molecule has 0 aliphatic carbocycles. The van der Waals surface area contributed by atoms with Gasteiger partial charge in [0.25, 0.3) is 0 Å². The number of nitrogens with zero attached hydrogens (tertiary/aromatic N) is 3. The lowest BCUT2D eigenvalue weighted by molar-refractivity contribution is -0.132. The molecule has 4 nitrogen and oxygen atoms in total. The third-order valence-corrected chi connectivity index (χ3v) is 4.03. The number of aromatic nitrogens is 2. The Bertz CT molecular complexity index is 601. The number of amides is 1. The van der Waals surface area contributed by atoms with Gasteiger partial charge in [-0.2, -0.15) is 0 Å². The van der Waals surface area contributed by atoms with Crippen LogP contribution < -0.4 is 0 Å². The van der Waals surface area contributed by atoms with Crippen molar-refractivity contribution in [1.82, 2.24) is 14.9 Å². The number of benzene rings is 1. The van der Waals surface area contributed by atoms with Crippen molar-refractivity contribution in [3.05, 3.63) is 59.1 Å². The van der Waals surface area contributed by atoms with Crippen LogP contribution in [-0.4, -0.2) is 27.8 Å². The Morgan fingerprint density at radius 1 is 1.27 bits per heavy atom. The first kappa shape index (κ1) is 16.4. The quantitative estimate of drug-likeness (QED) is 0.816.